The molecule has 3 aromatic rings. The fourth-order valence-corrected chi connectivity index (χ4v) is 2.57. The van der Waals surface area contributed by atoms with Gasteiger partial charge in [-0.2, -0.15) is 13.2 Å². The minimum absolute atomic E-state index is 0.0839. The summed E-state index contributed by atoms with van der Waals surface area (Å²) >= 11 is 0. The van der Waals surface area contributed by atoms with E-state index in [-0.39, 0.29) is 30.3 Å². The average molecular weight is 442 g/mol. The first-order valence-electron chi connectivity index (χ1n) is 8.72. The number of benzene rings is 2. The van der Waals surface area contributed by atoms with Crippen LogP contribution in [0.1, 0.15) is 16.2 Å². The van der Waals surface area contributed by atoms with Crippen molar-refractivity contribution < 1.29 is 36.2 Å². The van der Waals surface area contributed by atoms with Crippen LogP contribution >= 0.6 is 0 Å². The maximum Gasteiger partial charge on any atom is 0.435 e. The van der Waals surface area contributed by atoms with Gasteiger partial charge in [-0.3, -0.25) is 4.79 Å². The SMILES string of the molecule is COCCOc1ccc(NC(=O)c2nnn(-c3ccc(F)cc3)c2C(F)(F)F)cc1F. The standard InChI is InChI=1S/C19H15F5N4O3/c1-30-8-9-31-15-7-4-12(10-14(15)21)25-18(29)16-17(19(22,23)24)28(27-26-16)13-5-2-11(20)3-6-13/h2-7,10H,8-9H2,1H3,(H,25,29). The summed E-state index contributed by atoms with van der Waals surface area (Å²) in [5.41, 5.74) is -2.76. The molecule has 0 aliphatic heterocycles. The highest BCUT2D eigenvalue weighted by Gasteiger charge is 2.42. The first-order chi connectivity index (χ1) is 14.7. The molecular weight excluding hydrogens is 427 g/mol. The van der Waals surface area contributed by atoms with Crippen LogP contribution in [0, 0.1) is 11.6 Å². The van der Waals surface area contributed by atoms with E-state index in [0.29, 0.717) is 4.68 Å². The quantitative estimate of drug-likeness (QED) is 0.445. The molecule has 0 saturated carbocycles. The molecule has 0 spiro atoms. The first-order valence-corrected chi connectivity index (χ1v) is 8.72. The van der Waals surface area contributed by atoms with Gasteiger partial charge in [-0.1, -0.05) is 5.21 Å². The van der Waals surface area contributed by atoms with E-state index in [2.05, 4.69) is 15.6 Å². The first kappa shape index (κ1) is 22.2. The molecule has 2 aromatic carbocycles. The maximum absolute atomic E-state index is 14.1. The molecule has 1 aromatic heterocycles. The number of alkyl halides is 3. The molecule has 0 aliphatic rings. The van der Waals surface area contributed by atoms with Crippen LogP contribution in [0.2, 0.25) is 0 Å². The van der Waals surface area contributed by atoms with Gasteiger partial charge in [0.1, 0.15) is 12.4 Å². The molecule has 0 radical (unpaired) electrons. The lowest BCUT2D eigenvalue weighted by atomic mass is 10.2. The summed E-state index contributed by atoms with van der Waals surface area (Å²) in [7, 11) is 1.44. The molecule has 0 saturated heterocycles. The second kappa shape index (κ2) is 9.08. The highest BCUT2D eigenvalue weighted by atomic mass is 19.4. The number of ether oxygens (including phenoxy) is 2. The minimum Gasteiger partial charge on any atom is -0.488 e. The Balaban J connectivity index is 1.87. The van der Waals surface area contributed by atoms with E-state index in [1.54, 1.807) is 0 Å². The molecule has 1 N–H and O–H groups in total. The predicted octanol–water partition coefficient (Wildman–Crippen LogP) is 3.84. The molecule has 0 atom stereocenters. The number of rotatable bonds is 7. The van der Waals surface area contributed by atoms with Crippen LogP contribution in [0.15, 0.2) is 42.5 Å². The summed E-state index contributed by atoms with van der Waals surface area (Å²) in [5.74, 6) is -2.87. The van der Waals surface area contributed by atoms with Gasteiger partial charge in [0, 0.05) is 18.9 Å². The Bertz CT molecular complexity index is 1070. The Morgan fingerprint density at radius 1 is 1.10 bits per heavy atom. The van der Waals surface area contributed by atoms with Crippen molar-refractivity contribution in [1.82, 2.24) is 15.0 Å². The van der Waals surface area contributed by atoms with Gasteiger partial charge in [-0.25, -0.2) is 13.5 Å². The van der Waals surface area contributed by atoms with Crippen LogP contribution in [0.3, 0.4) is 0 Å². The van der Waals surface area contributed by atoms with E-state index in [9.17, 15) is 26.7 Å². The van der Waals surface area contributed by atoms with Crippen molar-refractivity contribution in [3.05, 3.63) is 65.5 Å². The van der Waals surface area contributed by atoms with Crippen LogP contribution in [0.25, 0.3) is 5.69 Å². The Kier molecular flexibility index (Phi) is 6.49. The van der Waals surface area contributed by atoms with E-state index in [4.69, 9.17) is 9.47 Å². The normalized spacial score (nSPS) is 11.4. The molecule has 0 unspecified atom stereocenters. The lowest BCUT2D eigenvalue weighted by Gasteiger charge is -2.12. The Morgan fingerprint density at radius 2 is 1.81 bits per heavy atom. The molecule has 0 bridgehead atoms. The van der Waals surface area contributed by atoms with Crippen LogP contribution in [-0.2, 0) is 10.9 Å². The minimum atomic E-state index is -5.01. The second-order valence-electron chi connectivity index (χ2n) is 6.11. The van der Waals surface area contributed by atoms with Gasteiger partial charge >= 0.3 is 6.18 Å². The number of carbonyl (C=O) groups excluding carboxylic acids is 1. The van der Waals surface area contributed by atoms with Gasteiger partial charge in [-0.05, 0) is 36.4 Å². The number of hydrogen-bond acceptors (Lipinski definition) is 5. The van der Waals surface area contributed by atoms with E-state index >= 15 is 0 Å². The van der Waals surface area contributed by atoms with Crippen molar-refractivity contribution in [3.63, 3.8) is 0 Å². The molecule has 0 fully saturated rings. The monoisotopic (exact) mass is 442 g/mol. The second-order valence-corrected chi connectivity index (χ2v) is 6.11. The molecule has 3 rings (SSSR count). The summed E-state index contributed by atoms with van der Waals surface area (Å²) in [6.45, 7) is 0.308. The van der Waals surface area contributed by atoms with Crippen LogP contribution in [-0.4, -0.2) is 41.2 Å². The summed E-state index contributed by atoms with van der Waals surface area (Å²) < 4.78 is 78.4. The third kappa shape index (κ3) is 5.15. The Morgan fingerprint density at radius 3 is 2.42 bits per heavy atom. The Hall–Kier alpha value is -3.54. The summed E-state index contributed by atoms with van der Waals surface area (Å²) in [6.07, 6.45) is -5.01. The zero-order valence-electron chi connectivity index (χ0n) is 15.9. The predicted molar refractivity (Wildman–Crippen MR) is 98.0 cm³/mol. The molecule has 0 aliphatic carbocycles. The number of methoxy groups -OCH3 is 1. The van der Waals surface area contributed by atoms with Crippen molar-refractivity contribution in [2.24, 2.45) is 0 Å². The number of aromatic nitrogens is 3. The van der Waals surface area contributed by atoms with Gasteiger partial charge in [0.25, 0.3) is 5.91 Å². The number of hydrogen-bond donors (Lipinski definition) is 1. The topological polar surface area (TPSA) is 78.3 Å². The van der Waals surface area contributed by atoms with Gasteiger partial charge in [0.15, 0.2) is 23.0 Å². The molecule has 12 heteroatoms. The lowest BCUT2D eigenvalue weighted by Crippen LogP contribution is -2.21. The fourth-order valence-electron chi connectivity index (χ4n) is 2.57. The van der Waals surface area contributed by atoms with E-state index in [1.165, 1.54) is 19.2 Å². The third-order valence-corrected chi connectivity index (χ3v) is 3.96. The van der Waals surface area contributed by atoms with Gasteiger partial charge in [-0.15, -0.1) is 5.10 Å². The molecule has 1 amide bonds. The summed E-state index contributed by atoms with van der Waals surface area (Å²) in [6, 6.07) is 7.34. The summed E-state index contributed by atoms with van der Waals surface area (Å²) in [5, 5.41) is 8.84. The number of halogens is 5. The number of amides is 1. The van der Waals surface area contributed by atoms with Crippen molar-refractivity contribution in [1.29, 1.82) is 0 Å². The molecule has 1 heterocycles. The summed E-state index contributed by atoms with van der Waals surface area (Å²) in [4.78, 5) is 12.4. The van der Waals surface area contributed by atoms with Crippen LogP contribution < -0.4 is 10.1 Å². The molecule has 164 valence electrons. The zero-order chi connectivity index (χ0) is 22.6. The van der Waals surface area contributed by atoms with Gasteiger partial charge < -0.3 is 14.8 Å². The molecule has 31 heavy (non-hydrogen) atoms. The van der Waals surface area contributed by atoms with Crippen molar-refractivity contribution in [3.8, 4) is 11.4 Å². The maximum atomic E-state index is 14.1. The van der Waals surface area contributed by atoms with Gasteiger partial charge in [0.2, 0.25) is 0 Å². The fraction of sp³-hybridized carbons (Fsp3) is 0.211. The highest BCUT2D eigenvalue weighted by Crippen LogP contribution is 2.33. The van der Waals surface area contributed by atoms with E-state index in [0.717, 1.165) is 30.3 Å². The van der Waals surface area contributed by atoms with Crippen LogP contribution in [0.4, 0.5) is 27.6 Å². The van der Waals surface area contributed by atoms with Crippen molar-refractivity contribution in [2.75, 3.05) is 25.6 Å². The number of carbonyl (C=O) groups is 1. The van der Waals surface area contributed by atoms with Crippen LogP contribution in [0.5, 0.6) is 5.75 Å². The largest absolute Gasteiger partial charge is 0.488 e. The molecule has 7 nitrogen and oxygen atoms in total. The smallest absolute Gasteiger partial charge is 0.435 e. The van der Waals surface area contributed by atoms with Gasteiger partial charge in [0.05, 0.1) is 12.3 Å². The van der Waals surface area contributed by atoms with Crippen molar-refractivity contribution >= 4 is 11.6 Å². The highest BCUT2D eigenvalue weighted by molar-refractivity contribution is 6.03. The number of nitrogens with one attached hydrogen (secondary N) is 1. The Labute approximate surface area is 172 Å². The lowest BCUT2D eigenvalue weighted by molar-refractivity contribution is -0.143. The van der Waals surface area contributed by atoms with E-state index < -0.39 is 35.1 Å². The zero-order valence-corrected chi connectivity index (χ0v) is 15.9. The van der Waals surface area contributed by atoms with E-state index in [1.807, 2.05) is 0 Å². The number of anilines is 1. The van der Waals surface area contributed by atoms with Crippen molar-refractivity contribution in [2.45, 2.75) is 6.18 Å². The number of nitrogens with zero attached hydrogens (tertiary/aromatic N) is 3. The molecular formula is C19H15F5N4O3. The third-order valence-electron chi connectivity index (χ3n) is 3.96. The average Bonchev–Trinajstić information content (AvgIpc) is 3.16.